The molecule has 19 heavy (non-hydrogen) atoms. The lowest BCUT2D eigenvalue weighted by atomic mass is 10.1. The maximum atomic E-state index is 13.6. The first-order valence-corrected chi connectivity index (χ1v) is 6.51. The molecule has 0 unspecified atom stereocenters. The van der Waals surface area contributed by atoms with E-state index in [0.717, 1.165) is 12.1 Å². The molecule has 1 N–H and O–H groups in total. The van der Waals surface area contributed by atoms with Gasteiger partial charge in [0.15, 0.2) is 0 Å². The first-order chi connectivity index (χ1) is 8.92. The van der Waals surface area contributed by atoms with Crippen molar-refractivity contribution in [3.63, 3.8) is 0 Å². The average molecular weight is 269 g/mol. The zero-order chi connectivity index (χ0) is 14.3. The van der Waals surface area contributed by atoms with Gasteiger partial charge < -0.3 is 14.8 Å². The van der Waals surface area contributed by atoms with Gasteiger partial charge in [0.25, 0.3) is 0 Å². The number of benzene rings is 1. The fourth-order valence-corrected chi connectivity index (χ4v) is 1.54. The molecule has 0 amide bonds. The Bertz CT molecular complexity index is 388. The summed E-state index contributed by atoms with van der Waals surface area (Å²) in [6.45, 7) is 8.29. The maximum Gasteiger partial charge on any atom is 0.128 e. The second-order valence-corrected chi connectivity index (χ2v) is 5.57. The summed E-state index contributed by atoms with van der Waals surface area (Å²) in [5.74, 6) is -0.225. The highest BCUT2D eigenvalue weighted by Gasteiger charge is 2.09. The molecular formula is C15H24FNO2. The van der Waals surface area contributed by atoms with Gasteiger partial charge >= 0.3 is 0 Å². The minimum atomic E-state index is -0.225. The molecule has 3 nitrogen and oxygen atoms in total. The summed E-state index contributed by atoms with van der Waals surface area (Å²) in [7, 11) is 1.61. The molecule has 0 aromatic heterocycles. The summed E-state index contributed by atoms with van der Waals surface area (Å²) in [6, 6.07) is 5.14. The third kappa shape index (κ3) is 6.66. The molecule has 0 radical (unpaired) electrons. The van der Waals surface area contributed by atoms with Crippen LogP contribution in [-0.2, 0) is 22.6 Å². The summed E-state index contributed by atoms with van der Waals surface area (Å²) in [4.78, 5) is 0. The Morgan fingerprint density at radius 2 is 1.95 bits per heavy atom. The van der Waals surface area contributed by atoms with Crippen molar-refractivity contribution in [2.45, 2.75) is 39.5 Å². The van der Waals surface area contributed by atoms with Crippen LogP contribution in [0.15, 0.2) is 18.2 Å². The molecule has 0 aliphatic heterocycles. The van der Waals surface area contributed by atoms with Crippen LogP contribution in [0.3, 0.4) is 0 Å². The van der Waals surface area contributed by atoms with Crippen molar-refractivity contribution in [1.82, 2.24) is 5.32 Å². The zero-order valence-corrected chi connectivity index (χ0v) is 12.3. The van der Waals surface area contributed by atoms with Crippen LogP contribution in [0.4, 0.5) is 4.39 Å². The summed E-state index contributed by atoms with van der Waals surface area (Å²) in [6.07, 6.45) is 0. The molecule has 0 saturated heterocycles. The molecule has 0 saturated carbocycles. The quantitative estimate of drug-likeness (QED) is 0.772. The first-order valence-electron chi connectivity index (χ1n) is 6.51. The predicted octanol–water partition coefficient (Wildman–Crippen LogP) is 2.88. The number of halogens is 1. The van der Waals surface area contributed by atoms with Crippen molar-refractivity contribution in [3.05, 3.63) is 35.1 Å². The summed E-state index contributed by atoms with van der Waals surface area (Å²) in [5.41, 5.74) is 1.69. The van der Waals surface area contributed by atoms with Crippen LogP contribution in [0.25, 0.3) is 0 Å². The monoisotopic (exact) mass is 269 g/mol. The minimum Gasteiger partial charge on any atom is -0.382 e. The standard InChI is InChI=1S/C15H24FNO2/c1-15(2,3)17-10-12-5-6-14(16)13(9-12)11-19-8-7-18-4/h5-6,9,17H,7-8,10-11H2,1-4H3. The molecule has 1 aromatic carbocycles. The summed E-state index contributed by atoms with van der Waals surface area (Å²) in [5, 5.41) is 3.38. The zero-order valence-electron chi connectivity index (χ0n) is 12.3. The molecule has 108 valence electrons. The molecular weight excluding hydrogens is 245 g/mol. The van der Waals surface area contributed by atoms with E-state index >= 15 is 0 Å². The van der Waals surface area contributed by atoms with Crippen LogP contribution in [-0.4, -0.2) is 25.9 Å². The van der Waals surface area contributed by atoms with Crippen LogP contribution in [0.1, 0.15) is 31.9 Å². The molecule has 0 aliphatic rings. The molecule has 4 heteroatoms. The number of rotatable bonds is 7. The predicted molar refractivity (Wildman–Crippen MR) is 74.5 cm³/mol. The van der Waals surface area contributed by atoms with E-state index in [9.17, 15) is 4.39 Å². The fourth-order valence-electron chi connectivity index (χ4n) is 1.54. The second-order valence-electron chi connectivity index (χ2n) is 5.57. The Hall–Kier alpha value is -0.970. The van der Waals surface area contributed by atoms with Gasteiger partial charge in [0.05, 0.1) is 19.8 Å². The van der Waals surface area contributed by atoms with Gasteiger partial charge in [-0.05, 0) is 38.5 Å². The third-order valence-corrected chi connectivity index (χ3v) is 2.62. The SMILES string of the molecule is COCCOCc1cc(CNC(C)(C)C)ccc1F. The lowest BCUT2D eigenvalue weighted by Crippen LogP contribution is -2.35. The second kappa shape index (κ2) is 7.58. The Labute approximate surface area is 115 Å². The number of ether oxygens (including phenoxy) is 2. The number of hydrogen-bond donors (Lipinski definition) is 1. The lowest BCUT2D eigenvalue weighted by Gasteiger charge is -2.20. The largest absolute Gasteiger partial charge is 0.382 e. The van der Waals surface area contributed by atoms with Gasteiger partial charge in [-0.1, -0.05) is 6.07 Å². The van der Waals surface area contributed by atoms with Gasteiger partial charge in [0.1, 0.15) is 5.82 Å². The molecule has 0 spiro atoms. The van der Waals surface area contributed by atoms with Crippen molar-refractivity contribution in [2.24, 2.45) is 0 Å². The smallest absolute Gasteiger partial charge is 0.128 e. The average Bonchev–Trinajstić information content (AvgIpc) is 2.34. The molecule has 0 heterocycles. The highest BCUT2D eigenvalue weighted by atomic mass is 19.1. The van der Waals surface area contributed by atoms with E-state index in [2.05, 4.69) is 26.1 Å². The highest BCUT2D eigenvalue weighted by Crippen LogP contribution is 2.13. The van der Waals surface area contributed by atoms with Crippen LogP contribution >= 0.6 is 0 Å². The number of hydrogen-bond acceptors (Lipinski definition) is 3. The van der Waals surface area contributed by atoms with E-state index in [0.29, 0.717) is 18.8 Å². The van der Waals surface area contributed by atoms with E-state index in [4.69, 9.17) is 9.47 Å². The van der Waals surface area contributed by atoms with Crippen LogP contribution in [0, 0.1) is 5.82 Å². The van der Waals surface area contributed by atoms with Crippen molar-refractivity contribution in [3.8, 4) is 0 Å². The highest BCUT2D eigenvalue weighted by molar-refractivity contribution is 5.24. The number of methoxy groups -OCH3 is 1. The topological polar surface area (TPSA) is 30.5 Å². The Balaban J connectivity index is 2.56. The fraction of sp³-hybridized carbons (Fsp3) is 0.600. The lowest BCUT2D eigenvalue weighted by molar-refractivity contribution is 0.0604. The summed E-state index contributed by atoms with van der Waals surface area (Å²) < 4.78 is 23.9. The molecule has 0 aliphatic carbocycles. The van der Waals surface area contributed by atoms with Crippen LogP contribution in [0.5, 0.6) is 0 Å². The molecule has 0 bridgehead atoms. The van der Waals surface area contributed by atoms with Gasteiger partial charge in [-0.2, -0.15) is 0 Å². The van der Waals surface area contributed by atoms with Crippen LogP contribution < -0.4 is 5.32 Å². The molecule has 0 fully saturated rings. The van der Waals surface area contributed by atoms with E-state index < -0.39 is 0 Å². The van der Waals surface area contributed by atoms with Gasteiger partial charge in [0, 0.05) is 24.8 Å². The third-order valence-electron chi connectivity index (χ3n) is 2.62. The first kappa shape index (κ1) is 16.1. The van der Waals surface area contributed by atoms with Gasteiger partial charge in [-0.25, -0.2) is 4.39 Å². The van der Waals surface area contributed by atoms with Gasteiger partial charge in [0.2, 0.25) is 0 Å². The molecule has 1 aromatic rings. The van der Waals surface area contributed by atoms with Gasteiger partial charge in [-0.15, -0.1) is 0 Å². The van der Waals surface area contributed by atoms with Crippen molar-refractivity contribution in [2.75, 3.05) is 20.3 Å². The van der Waals surface area contributed by atoms with E-state index in [1.807, 2.05) is 6.07 Å². The maximum absolute atomic E-state index is 13.6. The van der Waals surface area contributed by atoms with Gasteiger partial charge in [-0.3, -0.25) is 0 Å². The van der Waals surface area contributed by atoms with Crippen molar-refractivity contribution in [1.29, 1.82) is 0 Å². The van der Waals surface area contributed by atoms with Crippen LogP contribution in [0.2, 0.25) is 0 Å². The Morgan fingerprint density at radius 1 is 1.21 bits per heavy atom. The number of nitrogens with one attached hydrogen (secondary N) is 1. The van der Waals surface area contributed by atoms with E-state index in [-0.39, 0.29) is 18.0 Å². The van der Waals surface area contributed by atoms with Crippen molar-refractivity contribution < 1.29 is 13.9 Å². The van der Waals surface area contributed by atoms with Crippen molar-refractivity contribution >= 4 is 0 Å². The van der Waals surface area contributed by atoms with E-state index in [1.54, 1.807) is 13.2 Å². The Kier molecular flexibility index (Phi) is 6.42. The summed E-state index contributed by atoms with van der Waals surface area (Å²) >= 11 is 0. The van der Waals surface area contributed by atoms with E-state index in [1.165, 1.54) is 6.07 Å². The minimum absolute atomic E-state index is 0.0452. The molecule has 1 rings (SSSR count). The Morgan fingerprint density at radius 3 is 2.58 bits per heavy atom. The molecule has 0 atom stereocenters. The normalized spacial score (nSPS) is 11.8.